The topological polar surface area (TPSA) is 68.3 Å². The lowest BCUT2D eigenvalue weighted by Gasteiger charge is -2.11. The summed E-state index contributed by atoms with van der Waals surface area (Å²) in [5.41, 5.74) is 3.45. The molecule has 0 saturated heterocycles. The standard InChI is InChI=1S/C19H21N3O3/c1-6-14-15(11(2)20-25-14)17-16(18(23)19(24)21(3)4)12-9-7-8-10-13(12)22(17)5/h7-10H,6H2,1-5H3. The van der Waals surface area contributed by atoms with E-state index in [-0.39, 0.29) is 0 Å². The van der Waals surface area contributed by atoms with Crippen LogP contribution in [0.3, 0.4) is 0 Å². The number of likely N-dealkylation sites (N-methyl/N-ethyl adjacent to an activating group) is 1. The fourth-order valence-electron chi connectivity index (χ4n) is 3.19. The molecule has 0 fully saturated rings. The van der Waals surface area contributed by atoms with E-state index >= 15 is 0 Å². The number of aryl methyl sites for hydroxylation is 3. The molecule has 2 heterocycles. The van der Waals surface area contributed by atoms with Crippen LogP contribution in [-0.2, 0) is 18.3 Å². The fraction of sp³-hybridized carbons (Fsp3) is 0.316. The number of benzene rings is 1. The molecule has 0 atom stereocenters. The van der Waals surface area contributed by atoms with Crippen LogP contribution in [0.25, 0.3) is 22.2 Å². The Labute approximate surface area is 146 Å². The number of hydrogen-bond donors (Lipinski definition) is 0. The molecular weight excluding hydrogens is 318 g/mol. The summed E-state index contributed by atoms with van der Waals surface area (Å²) < 4.78 is 7.36. The van der Waals surface area contributed by atoms with Crippen molar-refractivity contribution in [3.05, 3.63) is 41.3 Å². The van der Waals surface area contributed by atoms with Crippen LogP contribution in [0, 0.1) is 6.92 Å². The predicted octanol–water partition coefficient (Wildman–Crippen LogP) is 2.98. The molecular formula is C19H21N3O3. The summed E-state index contributed by atoms with van der Waals surface area (Å²) >= 11 is 0. The Morgan fingerprint density at radius 2 is 1.92 bits per heavy atom. The van der Waals surface area contributed by atoms with Crippen molar-refractivity contribution in [2.24, 2.45) is 7.05 Å². The Kier molecular flexibility index (Phi) is 4.20. The number of amides is 1. The van der Waals surface area contributed by atoms with E-state index in [1.807, 2.05) is 49.7 Å². The maximum Gasteiger partial charge on any atom is 0.294 e. The second-order valence-corrected chi connectivity index (χ2v) is 6.25. The van der Waals surface area contributed by atoms with E-state index in [0.717, 1.165) is 16.5 Å². The van der Waals surface area contributed by atoms with Crippen molar-refractivity contribution < 1.29 is 14.1 Å². The Morgan fingerprint density at radius 1 is 1.24 bits per heavy atom. The van der Waals surface area contributed by atoms with Gasteiger partial charge in [0.25, 0.3) is 11.7 Å². The predicted molar refractivity (Wildman–Crippen MR) is 95.6 cm³/mol. The van der Waals surface area contributed by atoms with Crippen molar-refractivity contribution in [2.45, 2.75) is 20.3 Å². The van der Waals surface area contributed by atoms with E-state index in [2.05, 4.69) is 5.16 Å². The van der Waals surface area contributed by atoms with E-state index in [9.17, 15) is 9.59 Å². The number of hydrogen-bond acceptors (Lipinski definition) is 4. The molecule has 0 N–H and O–H groups in total. The first-order valence-electron chi connectivity index (χ1n) is 8.17. The van der Waals surface area contributed by atoms with E-state index in [4.69, 9.17) is 4.52 Å². The molecule has 0 aliphatic carbocycles. The van der Waals surface area contributed by atoms with E-state index < -0.39 is 11.7 Å². The molecule has 1 aromatic carbocycles. The van der Waals surface area contributed by atoms with Crippen LogP contribution in [0.2, 0.25) is 0 Å². The lowest BCUT2D eigenvalue weighted by Crippen LogP contribution is -2.30. The molecule has 25 heavy (non-hydrogen) atoms. The van der Waals surface area contributed by atoms with E-state index in [1.165, 1.54) is 4.90 Å². The van der Waals surface area contributed by atoms with Crippen LogP contribution in [0.15, 0.2) is 28.8 Å². The molecule has 6 nitrogen and oxygen atoms in total. The average Bonchev–Trinajstić information content (AvgIpc) is 3.11. The SMILES string of the molecule is CCc1onc(C)c1-c1c(C(=O)C(=O)N(C)C)c2ccccc2n1C. The van der Waals surface area contributed by atoms with Crippen molar-refractivity contribution in [2.75, 3.05) is 14.1 Å². The van der Waals surface area contributed by atoms with Crippen molar-refractivity contribution in [1.82, 2.24) is 14.6 Å². The minimum atomic E-state index is -0.551. The average molecular weight is 339 g/mol. The van der Waals surface area contributed by atoms with Gasteiger partial charge in [-0.3, -0.25) is 9.59 Å². The minimum Gasteiger partial charge on any atom is -0.360 e. The van der Waals surface area contributed by atoms with Crippen LogP contribution < -0.4 is 0 Å². The highest BCUT2D eigenvalue weighted by molar-refractivity contribution is 6.46. The zero-order valence-corrected chi connectivity index (χ0v) is 15.1. The first kappa shape index (κ1) is 17.0. The normalized spacial score (nSPS) is 11.1. The van der Waals surface area contributed by atoms with Gasteiger partial charge in [-0.15, -0.1) is 0 Å². The maximum atomic E-state index is 13.0. The van der Waals surface area contributed by atoms with Gasteiger partial charge >= 0.3 is 0 Å². The summed E-state index contributed by atoms with van der Waals surface area (Å²) in [5, 5.41) is 4.81. The highest BCUT2D eigenvalue weighted by Gasteiger charge is 2.30. The van der Waals surface area contributed by atoms with Crippen LogP contribution >= 0.6 is 0 Å². The highest BCUT2D eigenvalue weighted by Crippen LogP contribution is 2.37. The number of nitrogens with zero attached hydrogens (tertiary/aromatic N) is 3. The Balaban J connectivity index is 2.41. The summed E-state index contributed by atoms with van der Waals surface area (Å²) in [4.78, 5) is 26.7. The second kappa shape index (κ2) is 6.20. The fourth-order valence-corrected chi connectivity index (χ4v) is 3.19. The molecule has 0 aliphatic heterocycles. The molecule has 0 radical (unpaired) electrons. The number of para-hydroxylation sites is 1. The van der Waals surface area contributed by atoms with Crippen molar-refractivity contribution in [3.8, 4) is 11.3 Å². The molecule has 0 spiro atoms. The number of ketones is 1. The van der Waals surface area contributed by atoms with Gasteiger partial charge in [0.1, 0.15) is 5.76 Å². The van der Waals surface area contributed by atoms with Gasteiger partial charge in [0.15, 0.2) is 0 Å². The van der Waals surface area contributed by atoms with Gasteiger partial charge in [-0.25, -0.2) is 0 Å². The quantitative estimate of drug-likeness (QED) is 0.541. The zero-order valence-electron chi connectivity index (χ0n) is 15.1. The Bertz CT molecular complexity index is 979. The van der Waals surface area contributed by atoms with Gasteiger partial charge in [-0.1, -0.05) is 30.3 Å². The maximum absolute atomic E-state index is 13.0. The monoisotopic (exact) mass is 339 g/mol. The summed E-state index contributed by atoms with van der Waals surface area (Å²) in [6, 6.07) is 7.58. The third-order valence-corrected chi connectivity index (χ3v) is 4.43. The van der Waals surface area contributed by atoms with Crippen molar-refractivity contribution in [1.29, 1.82) is 0 Å². The lowest BCUT2D eigenvalue weighted by molar-refractivity contribution is -0.124. The second-order valence-electron chi connectivity index (χ2n) is 6.25. The number of carbonyl (C=O) groups excluding carboxylic acids is 2. The largest absolute Gasteiger partial charge is 0.360 e. The Hall–Kier alpha value is -2.89. The number of rotatable bonds is 4. The zero-order chi connectivity index (χ0) is 18.3. The van der Waals surface area contributed by atoms with Crippen LogP contribution in [-0.4, -0.2) is 40.4 Å². The van der Waals surface area contributed by atoms with Gasteiger partial charge in [0.2, 0.25) is 0 Å². The van der Waals surface area contributed by atoms with Gasteiger partial charge in [0.05, 0.1) is 22.5 Å². The number of carbonyl (C=O) groups is 2. The van der Waals surface area contributed by atoms with E-state index in [1.54, 1.807) is 14.1 Å². The molecule has 3 rings (SSSR count). The summed E-state index contributed by atoms with van der Waals surface area (Å²) in [5.74, 6) is -0.376. The lowest BCUT2D eigenvalue weighted by atomic mass is 9.99. The van der Waals surface area contributed by atoms with E-state index in [0.29, 0.717) is 29.1 Å². The molecule has 0 aliphatic rings. The number of aromatic nitrogens is 2. The molecule has 1 amide bonds. The van der Waals surface area contributed by atoms with Gasteiger partial charge in [-0.05, 0) is 13.0 Å². The van der Waals surface area contributed by atoms with Crippen LogP contribution in [0.5, 0.6) is 0 Å². The first-order chi connectivity index (χ1) is 11.9. The molecule has 0 bridgehead atoms. The molecule has 3 aromatic rings. The molecule has 6 heteroatoms. The van der Waals surface area contributed by atoms with Gasteiger partial charge < -0.3 is 14.0 Å². The third-order valence-electron chi connectivity index (χ3n) is 4.43. The molecule has 130 valence electrons. The highest BCUT2D eigenvalue weighted by atomic mass is 16.5. The van der Waals surface area contributed by atoms with Crippen molar-refractivity contribution in [3.63, 3.8) is 0 Å². The molecule has 0 saturated carbocycles. The summed E-state index contributed by atoms with van der Waals surface area (Å²) in [6.45, 7) is 3.82. The number of fused-ring (bicyclic) bond motifs is 1. The molecule has 0 unspecified atom stereocenters. The van der Waals surface area contributed by atoms with Crippen LogP contribution in [0.1, 0.15) is 28.7 Å². The van der Waals surface area contributed by atoms with Crippen LogP contribution in [0.4, 0.5) is 0 Å². The van der Waals surface area contributed by atoms with Gasteiger partial charge in [0, 0.05) is 38.5 Å². The third kappa shape index (κ3) is 2.54. The summed E-state index contributed by atoms with van der Waals surface area (Å²) in [6.07, 6.45) is 0.646. The summed E-state index contributed by atoms with van der Waals surface area (Å²) in [7, 11) is 5.04. The number of Topliss-reactive ketones (excluding diaryl/α,β-unsaturated/α-hetero) is 1. The molecule has 2 aromatic heterocycles. The van der Waals surface area contributed by atoms with Gasteiger partial charge in [-0.2, -0.15) is 0 Å². The first-order valence-corrected chi connectivity index (χ1v) is 8.17. The minimum absolute atomic E-state index is 0.401. The Morgan fingerprint density at radius 3 is 2.56 bits per heavy atom. The van der Waals surface area contributed by atoms with Crippen molar-refractivity contribution >= 4 is 22.6 Å². The smallest absolute Gasteiger partial charge is 0.294 e.